The highest BCUT2D eigenvalue weighted by Gasteiger charge is 2.58. The van der Waals surface area contributed by atoms with Crippen molar-refractivity contribution in [1.29, 1.82) is 0 Å². The van der Waals surface area contributed by atoms with Crippen LogP contribution in [-0.4, -0.2) is 4.57 Å². The van der Waals surface area contributed by atoms with Crippen LogP contribution in [0.2, 0.25) is 0 Å². The first-order chi connectivity index (χ1) is 30.7. The number of aromatic nitrogens is 1. The van der Waals surface area contributed by atoms with E-state index in [2.05, 4.69) is 174 Å². The molecule has 6 aliphatic carbocycles. The quantitative estimate of drug-likeness (QED) is 0.168. The fraction of sp³-hybridized carbons (Fsp3) is 0.300. The molecule has 7 aromatic carbocycles. The van der Waals surface area contributed by atoms with Gasteiger partial charge in [-0.05, 0) is 162 Å². The minimum absolute atomic E-state index is 0.0536. The number of anilines is 3. The standard InChI is InChI=1S/C60H54N2/c1-2-40-33-38-13-11-14-42(34-38)60(40)52-20-8-3-15-46(52)47-32-31-45(36-54(47)60)61(43-27-29-44(30-28-43)62-55-22-9-5-16-48(55)49-17-6-10-23-56(49)62)57-24-12-21-53-58(57)50-18-4-7-19-51(50)59(53)37-39-25-26-41(59)35-39/h3-10,12,15-24,27-32,36,38-42H,2,11,13-14,25-26,33-35,37H2,1H3. The van der Waals surface area contributed by atoms with E-state index >= 15 is 0 Å². The van der Waals surface area contributed by atoms with E-state index in [0.29, 0.717) is 11.8 Å². The van der Waals surface area contributed by atoms with Gasteiger partial charge in [0, 0.05) is 44.2 Å². The minimum atomic E-state index is 0.0536. The lowest BCUT2D eigenvalue weighted by molar-refractivity contribution is 0.0557. The zero-order valence-electron chi connectivity index (χ0n) is 35.9. The van der Waals surface area contributed by atoms with Gasteiger partial charge in [0.2, 0.25) is 0 Å². The lowest BCUT2D eigenvalue weighted by Gasteiger charge is -2.54. The maximum absolute atomic E-state index is 2.70. The molecule has 304 valence electrons. The summed E-state index contributed by atoms with van der Waals surface area (Å²) in [6.45, 7) is 2.49. The highest BCUT2D eigenvalue weighted by molar-refractivity contribution is 6.09. The third-order valence-electron chi connectivity index (χ3n) is 17.8. The number of benzene rings is 7. The predicted octanol–water partition coefficient (Wildman–Crippen LogP) is 15.8. The van der Waals surface area contributed by atoms with Crippen molar-refractivity contribution in [2.75, 3.05) is 4.90 Å². The van der Waals surface area contributed by atoms with E-state index in [4.69, 9.17) is 0 Å². The second-order valence-electron chi connectivity index (χ2n) is 20.2. The van der Waals surface area contributed by atoms with Gasteiger partial charge in [0.15, 0.2) is 0 Å². The Labute approximate surface area is 366 Å². The molecule has 7 unspecified atom stereocenters. The lowest BCUT2D eigenvalue weighted by Crippen LogP contribution is -2.48. The minimum Gasteiger partial charge on any atom is -0.310 e. The Hall–Kier alpha value is -5.86. The number of rotatable bonds is 5. The Morgan fingerprint density at radius 2 is 1.21 bits per heavy atom. The molecule has 2 heteroatoms. The van der Waals surface area contributed by atoms with Crippen LogP contribution >= 0.6 is 0 Å². The number of nitrogens with zero attached hydrogens (tertiary/aromatic N) is 2. The van der Waals surface area contributed by atoms with Gasteiger partial charge in [-0.25, -0.2) is 0 Å². The van der Waals surface area contributed by atoms with E-state index in [0.717, 1.165) is 17.8 Å². The Kier molecular flexibility index (Phi) is 7.54. The van der Waals surface area contributed by atoms with Crippen molar-refractivity contribution >= 4 is 38.9 Å². The summed E-state index contributed by atoms with van der Waals surface area (Å²) in [7, 11) is 0. The molecule has 1 heterocycles. The highest BCUT2D eigenvalue weighted by atomic mass is 15.1. The second-order valence-corrected chi connectivity index (χ2v) is 20.2. The van der Waals surface area contributed by atoms with Crippen molar-refractivity contribution in [3.63, 3.8) is 0 Å². The van der Waals surface area contributed by atoms with Gasteiger partial charge >= 0.3 is 0 Å². The van der Waals surface area contributed by atoms with E-state index in [1.807, 2.05) is 0 Å². The van der Waals surface area contributed by atoms with Crippen LogP contribution < -0.4 is 4.90 Å². The lowest BCUT2D eigenvalue weighted by atomic mass is 9.50. The molecule has 0 N–H and O–H groups in total. The van der Waals surface area contributed by atoms with E-state index in [1.165, 1.54) is 131 Å². The molecule has 4 bridgehead atoms. The highest BCUT2D eigenvalue weighted by Crippen LogP contribution is 2.68. The Morgan fingerprint density at radius 3 is 1.97 bits per heavy atom. The zero-order chi connectivity index (χ0) is 40.7. The molecule has 1 aromatic heterocycles. The number of fused-ring (bicyclic) bond motifs is 19. The molecular weight excluding hydrogens is 749 g/mol. The number of hydrogen-bond acceptors (Lipinski definition) is 1. The molecule has 0 amide bonds. The second kappa shape index (κ2) is 13.1. The molecule has 2 spiro atoms. The largest absolute Gasteiger partial charge is 0.310 e. The van der Waals surface area contributed by atoms with E-state index < -0.39 is 0 Å². The summed E-state index contributed by atoms with van der Waals surface area (Å²) in [6.07, 6.45) is 13.5. The van der Waals surface area contributed by atoms with Crippen molar-refractivity contribution in [3.8, 4) is 27.9 Å². The van der Waals surface area contributed by atoms with Crippen LogP contribution in [0.25, 0.3) is 49.7 Å². The maximum atomic E-state index is 2.70. The molecule has 0 saturated heterocycles. The van der Waals surface area contributed by atoms with Gasteiger partial charge < -0.3 is 9.47 Å². The van der Waals surface area contributed by atoms with Gasteiger partial charge in [0.1, 0.15) is 0 Å². The molecule has 6 aliphatic rings. The smallest absolute Gasteiger partial charge is 0.0543 e. The van der Waals surface area contributed by atoms with Gasteiger partial charge in [-0.2, -0.15) is 0 Å². The molecule has 7 atom stereocenters. The molecule has 2 nitrogen and oxygen atoms in total. The Morgan fingerprint density at radius 1 is 0.532 bits per heavy atom. The van der Waals surface area contributed by atoms with Crippen LogP contribution in [0.5, 0.6) is 0 Å². The van der Waals surface area contributed by atoms with Crippen molar-refractivity contribution in [1.82, 2.24) is 4.57 Å². The first-order valence-electron chi connectivity index (χ1n) is 24.0. The van der Waals surface area contributed by atoms with Crippen molar-refractivity contribution in [2.24, 2.45) is 29.6 Å². The van der Waals surface area contributed by atoms with Gasteiger partial charge in [0.25, 0.3) is 0 Å². The molecule has 0 radical (unpaired) electrons. The van der Waals surface area contributed by atoms with Crippen LogP contribution in [0.4, 0.5) is 17.1 Å². The van der Waals surface area contributed by atoms with E-state index in [-0.39, 0.29) is 10.8 Å². The summed E-state index contributed by atoms with van der Waals surface area (Å²) in [5, 5.41) is 2.60. The van der Waals surface area contributed by atoms with Crippen LogP contribution in [-0.2, 0) is 10.8 Å². The van der Waals surface area contributed by atoms with Gasteiger partial charge in [-0.15, -0.1) is 0 Å². The molecule has 4 fully saturated rings. The maximum Gasteiger partial charge on any atom is 0.0543 e. The SMILES string of the molecule is CCC1CC2CCCC(C2)C12c1ccccc1-c1ccc(N(c3ccc(-n4c5ccccc5c5ccccc54)cc3)c3cccc4c3-c3ccccc3C43CC4CCC3C4)cc12. The summed E-state index contributed by atoms with van der Waals surface area (Å²) in [5.74, 6) is 3.76. The van der Waals surface area contributed by atoms with Crippen LogP contribution in [0.1, 0.15) is 93.4 Å². The molecule has 0 aliphatic heterocycles. The molecule has 4 saturated carbocycles. The topological polar surface area (TPSA) is 8.17 Å². The van der Waals surface area contributed by atoms with Crippen LogP contribution in [0, 0.1) is 29.6 Å². The average molecular weight is 803 g/mol. The third-order valence-corrected chi connectivity index (χ3v) is 17.8. The normalized spacial score (nSPS) is 27.2. The van der Waals surface area contributed by atoms with Crippen LogP contribution in [0.15, 0.2) is 158 Å². The van der Waals surface area contributed by atoms with E-state index in [1.54, 1.807) is 22.3 Å². The Balaban J connectivity index is 1.00. The Bertz CT molecular complexity index is 3060. The summed E-state index contributed by atoms with van der Waals surface area (Å²) >= 11 is 0. The third kappa shape index (κ3) is 4.56. The average Bonchev–Trinajstić information content (AvgIpc) is 4.14. The molecule has 62 heavy (non-hydrogen) atoms. The molecule has 14 rings (SSSR count). The predicted molar refractivity (Wildman–Crippen MR) is 257 cm³/mol. The number of para-hydroxylation sites is 2. The molecule has 8 aromatic rings. The molecular formula is C60H54N2. The van der Waals surface area contributed by atoms with Crippen molar-refractivity contribution in [2.45, 2.75) is 82.0 Å². The fourth-order valence-corrected chi connectivity index (χ4v) is 15.7. The van der Waals surface area contributed by atoms with Gasteiger partial charge in [-0.3, -0.25) is 0 Å². The van der Waals surface area contributed by atoms with Crippen molar-refractivity contribution < 1.29 is 0 Å². The fourth-order valence-electron chi connectivity index (χ4n) is 15.7. The first-order valence-corrected chi connectivity index (χ1v) is 24.0. The summed E-state index contributed by atoms with van der Waals surface area (Å²) in [5.41, 5.74) is 19.9. The van der Waals surface area contributed by atoms with Crippen molar-refractivity contribution in [3.05, 3.63) is 180 Å². The summed E-state index contributed by atoms with van der Waals surface area (Å²) < 4.78 is 2.45. The summed E-state index contributed by atoms with van der Waals surface area (Å²) in [6, 6.07) is 61.5. The van der Waals surface area contributed by atoms with Crippen LogP contribution in [0.3, 0.4) is 0 Å². The monoisotopic (exact) mass is 802 g/mol. The first kappa shape index (κ1) is 35.7. The summed E-state index contributed by atoms with van der Waals surface area (Å²) in [4.78, 5) is 2.67. The van der Waals surface area contributed by atoms with Gasteiger partial charge in [-0.1, -0.05) is 136 Å². The zero-order valence-corrected chi connectivity index (χ0v) is 35.9. The van der Waals surface area contributed by atoms with Gasteiger partial charge in [0.05, 0.1) is 16.7 Å². The van der Waals surface area contributed by atoms with E-state index in [9.17, 15) is 0 Å². The number of hydrogen-bond donors (Lipinski definition) is 0.